The number of hydrogen-bond donors (Lipinski definition) is 1. The van der Waals surface area contributed by atoms with Crippen LogP contribution >= 0.6 is 15.9 Å². The molecule has 2 N–H and O–H groups in total. The molecule has 110 valence electrons. The summed E-state index contributed by atoms with van der Waals surface area (Å²) >= 11 is 3.43. The molecule has 1 amide bonds. The fraction of sp³-hybridized carbons (Fsp3) is 0.562. The molecule has 0 bridgehead atoms. The second-order valence-corrected chi connectivity index (χ2v) is 7.10. The zero-order valence-electron chi connectivity index (χ0n) is 12.6. The molecule has 1 saturated heterocycles. The topological polar surface area (TPSA) is 46.3 Å². The minimum absolute atomic E-state index is 0.0985. The highest BCUT2D eigenvalue weighted by atomic mass is 79.9. The summed E-state index contributed by atoms with van der Waals surface area (Å²) in [6.07, 6.45) is 1.19. The Bertz CT molecular complexity index is 529. The molecule has 3 nitrogen and oxygen atoms in total. The van der Waals surface area contributed by atoms with Crippen LogP contribution in [-0.2, 0) is 0 Å². The molecule has 2 rings (SSSR count). The van der Waals surface area contributed by atoms with Crippen LogP contribution in [0.15, 0.2) is 16.6 Å². The van der Waals surface area contributed by atoms with Crippen LogP contribution in [0.2, 0.25) is 0 Å². The first-order chi connectivity index (χ1) is 9.31. The molecule has 1 aliphatic rings. The average molecular weight is 339 g/mol. The lowest BCUT2D eigenvalue weighted by atomic mass is 9.85. The third kappa shape index (κ3) is 2.85. The van der Waals surface area contributed by atoms with Gasteiger partial charge in [-0.15, -0.1) is 0 Å². The monoisotopic (exact) mass is 338 g/mol. The number of carbonyl (C=O) groups excluding carboxylic acids is 1. The fourth-order valence-corrected chi connectivity index (χ4v) is 3.54. The van der Waals surface area contributed by atoms with Crippen molar-refractivity contribution in [2.45, 2.75) is 40.2 Å². The van der Waals surface area contributed by atoms with Gasteiger partial charge in [-0.25, -0.2) is 0 Å². The van der Waals surface area contributed by atoms with E-state index in [1.807, 2.05) is 24.0 Å². The summed E-state index contributed by atoms with van der Waals surface area (Å²) in [7, 11) is 0. The van der Waals surface area contributed by atoms with Gasteiger partial charge in [0, 0.05) is 28.3 Å². The second kappa shape index (κ2) is 5.76. The van der Waals surface area contributed by atoms with Crippen LogP contribution in [-0.4, -0.2) is 23.4 Å². The summed E-state index contributed by atoms with van der Waals surface area (Å²) in [4.78, 5) is 14.9. The predicted octanol–water partition coefficient (Wildman–Crippen LogP) is 3.85. The van der Waals surface area contributed by atoms with Gasteiger partial charge in [-0.1, -0.05) is 29.8 Å². The van der Waals surface area contributed by atoms with Crippen molar-refractivity contribution in [1.82, 2.24) is 4.90 Å². The maximum atomic E-state index is 12.9. The van der Waals surface area contributed by atoms with Crippen LogP contribution in [0.3, 0.4) is 0 Å². The first-order valence-electron chi connectivity index (χ1n) is 7.17. The number of amides is 1. The minimum Gasteiger partial charge on any atom is -0.398 e. The molecule has 0 saturated carbocycles. The van der Waals surface area contributed by atoms with Crippen molar-refractivity contribution in [3.8, 4) is 0 Å². The van der Waals surface area contributed by atoms with Gasteiger partial charge in [-0.2, -0.15) is 0 Å². The lowest BCUT2D eigenvalue weighted by Crippen LogP contribution is -2.49. The van der Waals surface area contributed by atoms with Crippen molar-refractivity contribution in [2.75, 3.05) is 12.3 Å². The molecule has 1 heterocycles. The Labute approximate surface area is 129 Å². The number of rotatable bonds is 1. The van der Waals surface area contributed by atoms with E-state index in [0.29, 0.717) is 23.1 Å². The molecule has 1 aromatic rings. The molecule has 1 aromatic carbocycles. The van der Waals surface area contributed by atoms with Gasteiger partial charge in [0.2, 0.25) is 0 Å². The zero-order valence-corrected chi connectivity index (χ0v) is 14.2. The van der Waals surface area contributed by atoms with E-state index >= 15 is 0 Å². The smallest absolute Gasteiger partial charge is 0.254 e. The van der Waals surface area contributed by atoms with Gasteiger partial charge in [0.25, 0.3) is 5.91 Å². The zero-order chi connectivity index (χ0) is 15.0. The Morgan fingerprint density at radius 1 is 1.35 bits per heavy atom. The van der Waals surface area contributed by atoms with Gasteiger partial charge in [-0.3, -0.25) is 4.79 Å². The maximum Gasteiger partial charge on any atom is 0.254 e. The van der Waals surface area contributed by atoms with Gasteiger partial charge >= 0.3 is 0 Å². The van der Waals surface area contributed by atoms with Gasteiger partial charge in [-0.05, 0) is 49.8 Å². The van der Waals surface area contributed by atoms with Gasteiger partial charge in [0.1, 0.15) is 0 Å². The quantitative estimate of drug-likeness (QED) is 0.790. The number of anilines is 1. The van der Waals surface area contributed by atoms with Crippen LogP contribution in [0.5, 0.6) is 0 Å². The summed E-state index contributed by atoms with van der Waals surface area (Å²) < 4.78 is 0.856. The number of likely N-dealkylation sites (tertiary alicyclic amines) is 1. The highest BCUT2D eigenvalue weighted by Gasteiger charge is 2.33. The lowest BCUT2D eigenvalue weighted by molar-refractivity contribution is 0.0455. The van der Waals surface area contributed by atoms with E-state index in [0.717, 1.165) is 16.6 Å². The number of nitrogens with zero attached hydrogens (tertiary/aromatic N) is 1. The first-order valence-corrected chi connectivity index (χ1v) is 7.97. The average Bonchev–Trinajstić information content (AvgIpc) is 2.37. The molecule has 0 radical (unpaired) electrons. The molecule has 1 fully saturated rings. The molecular formula is C16H23BrN2O. The van der Waals surface area contributed by atoms with Gasteiger partial charge < -0.3 is 10.6 Å². The Balaban J connectivity index is 2.36. The Morgan fingerprint density at radius 3 is 2.65 bits per heavy atom. The Morgan fingerprint density at radius 2 is 2.00 bits per heavy atom. The lowest BCUT2D eigenvalue weighted by Gasteiger charge is -2.41. The van der Waals surface area contributed by atoms with Crippen molar-refractivity contribution in [3.63, 3.8) is 0 Å². The molecule has 4 heteroatoms. The Kier molecular flexibility index (Phi) is 4.43. The molecule has 1 aliphatic heterocycles. The Hall–Kier alpha value is -1.03. The number of halogens is 1. The van der Waals surface area contributed by atoms with Gasteiger partial charge in [0.15, 0.2) is 0 Å². The number of carbonyl (C=O) groups is 1. The summed E-state index contributed by atoms with van der Waals surface area (Å²) in [6, 6.07) is 4.00. The molecule has 3 unspecified atom stereocenters. The van der Waals surface area contributed by atoms with E-state index in [2.05, 4.69) is 36.7 Å². The molecular weight excluding hydrogens is 316 g/mol. The molecule has 20 heavy (non-hydrogen) atoms. The largest absolute Gasteiger partial charge is 0.398 e. The molecule has 3 atom stereocenters. The third-order valence-corrected chi connectivity index (χ3v) is 4.96. The van der Waals surface area contributed by atoms with Crippen molar-refractivity contribution in [1.29, 1.82) is 0 Å². The van der Waals surface area contributed by atoms with E-state index < -0.39 is 0 Å². The summed E-state index contributed by atoms with van der Waals surface area (Å²) in [6.45, 7) is 9.32. The highest BCUT2D eigenvalue weighted by molar-refractivity contribution is 9.10. The number of hydrogen-bond acceptors (Lipinski definition) is 2. The summed E-state index contributed by atoms with van der Waals surface area (Å²) in [5.41, 5.74) is 8.22. The predicted molar refractivity (Wildman–Crippen MR) is 86.7 cm³/mol. The highest BCUT2D eigenvalue weighted by Crippen LogP contribution is 2.30. The fourth-order valence-electron chi connectivity index (χ4n) is 3.06. The molecule has 0 aromatic heterocycles. The van der Waals surface area contributed by atoms with E-state index in [1.165, 1.54) is 6.42 Å². The summed E-state index contributed by atoms with van der Waals surface area (Å²) in [5.74, 6) is 1.18. The minimum atomic E-state index is 0.0985. The van der Waals surface area contributed by atoms with Crippen molar-refractivity contribution in [3.05, 3.63) is 27.7 Å². The molecule has 0 aliphatic carbocycles. The number of nitrogens with two attached hydrogens (primary N) is 1. The van der Waals surface area contributed by atoms with Crippen LogP contribution in [0.4, 0.5) is 5.69 Å². The number of benzene rings is 1. The van der Waals surface area contributed by atoms with Crippen molar-refractivity contribution >= 4 is 27.5 Å². The van der Waals surface area contributed by atoms with E-state index in [1.54, 1.807) is 0 Å². The maximum absolute atomic E-state index is 12.9. The van der Waals surface area contributed by atoms with Crippen LogP contribution in [0.25, 0.3) is 0 Å². The second-order valence-electron chi connectivity index (χ2n) is 6.18. The number of piperidine rings is 1. The third-order valence-electron chi connectivity index (χ3n) is 4.50. The van der Waals surface area contributed by atoms with E-state index in [-0.39, 0.29) is 11.9 Å². The van der Waals surface area contributed by atoms with E-state index in [9.17, 15) is 4.79 Å². The molecule has 0 spiro atoms. The van der Waals surface area contributed by atoms with Crippen LogP contribution in [0.1, 0.15) is 43.1 Å². The number of nitrogen functional groups attached to an aromatic ring is 1. The van der Waals surface area contributed by atoms with Gasteiger partial charge in [0.05, 0.1) is 0 Å². The van der Waals surface area contributed by atoms with Crippen LogP contribution in [0, 0.1) is 18.8 Å². The normalized spacial score (nSPS) is 26.6. The first kappa shape index (κ1) is 15.4. The van der Waals surface area contributed by atoms with E-state index in [4.69, 9.17) is 5.73 Å². The summed E-state index contributed by atoms with van der Waals surface area (Å²) in [5, 5.41) is 0. The van der Waals surface area contributed by atoms with Crippen molar-refractivity contribution in [2.24, 2.45) is 11.8 Å². The van der Waals surface area contributed by atoms with Crippen LogP contribution < -0.4 is 5.73 Å². The SMILES string of the molecule is Cc1c(N)cc(Br)cc1C(=O)N1CC(C)CC(C)C1C. The van der Waals surface area contributed by atoms with Crippen molar-refractivity contribution < 1.29 is 4.79 Å². The standard InChI is InChI=1S/C16H23BrN2O/c1-9-5-10(2)12(4)19(8-9)16(20)14-6-13(17)7-15(18)11(14)3/h6-7,9-10,12H,5,8,18H2,1-4H3.